The van der Waals surface area contributed by atoms with Crippen molar-refractivity contribution in [3.8, 4) is 5.75 Å². The van der Waals surface area contributed by atoms with Gasteiger partial charge < -0.3 is 15.0 Å². The number of hydrogen-bond donors (Lipinski definition) is 1. The topological polar surface area (TPSA) is 58.6 Å². The molecule has 0 saturated carbocycles. The van der Waals surface area contributed by atoms with E-state index in [1.165, 1.54) is 0 Å². The Labute approximate surface area is 145 Å². The average molecular weight is 344 g/mol. The molecule has 2 amide bonds. The van der Waals surface area contributed by atoms with Crippen molar-refractivity contribution < 1.29 is 14.3 Å². The summed E-state index contributed by atoms with van der Waals surface area (Å²) in [6.07, 6.45) is 0.495. The normalized spacial score (nSPS) is 16.2. The Morgan fingerprint density at radius 3 is 2.92 bits per heavy atom. The molecule has 1 N–H and O–H groups in total. The van der Waals surface area contributed by atoms with E-state index < -0.39 is 6.10 Å². The van der Waals surface area contributed by atoms with E-state index in [9.17, 15) is 9.59 Å². The van der Waals surface area contributed by atoms with Crippen LogP contribution in [0.1, 0.15) is 18.9 Å². The maximum Gasteiger partial charge on any atom is 0.262 e. The Morgan fingerprint density at radius 2 is 2.17 bits per heavy atom. The van der Waals surface area contributed by atoms with E-state index in [0.29, 0.717) is 18.7 Å². The van der Waals surface area contributed by atoms with Crippen molar-refractivity contribution in [1.29, 1.82) is 0 Å². The summed E-state index contributed by atoms with van der Waals surface area (Å²) in [5.41, 5.74) is 1.71. The maximum absolute atomic E-state index is 12.8. The third kappa shape index (κ3) is 3.59. The fourth-order valence-corrected chi connectivity index (χ4v) is 3.30. The van der Waals surface area contributed by atoms with Gasteiger partial charge in [0.1, 0.15) is 5.75 Å². The van der Waals surface area contributed by atoms with Crippen molar-refractivity contribution in [3.05, 3.63) is 46.7 Å². The van der Waals surface area contributed by atoms with E-state index in [1.54, 1.807) is 22.3 Å². The Hall–Kier alpha value is -2.34. The van der Waals surface area contributed by atoms with Gasteiger partial charge in [0.15, 0.2) is 6.10 Å². The van der Waals surface area contributed by atoms with E-state index >= 15 is 0 Å². The number of hydrogen-bond acceptors (Lipinski definition) is 4. The van der Waals surface area contributed by atoms with Crippen LogP contribution < -0.4 is 15.0 Å². The van der Waals surface area contributed by atoms with Gasteiger partial charge in [-0.1, -0.05) is 19.1 Å². The maximum atomic E-state index is 12.8. The van der Waals surface area contributed by atoms with Crippen molar-refractivity contribution in [3.63, 3.8) is 0 Å². The van der Waals surface area contributed by atoms with Crippen LogP contribution in [0, 0.1) is 0 Å². The van der Waals surface area contributed by atoms with E-state index in [-0.39, 0.29) is 18.4 Å². The predicted molar refractivity (Wildman–Crippen MR) is 94.5 cm³/mol. The second-order valence-corrected chi connectivity index (χ2v) is 6.46. The molecule has 1 atom stereocenters. The fraction of sp³-hybridized carbons (Fsp3) is 0.333. The van der Waals surface area contributed by atoms with Gasteiger partial charge >= 0.3 is 0 Å². The molecule has 3 rings (SSSR count). The Morgan fingerprint density at radius 1 is 1.33 bits per heavy atom. The van der Waals surface area contributed by atoms with E-state index in [4.69, 9.17) is 4.74 Å². The number of thiophene rings is 1. The number of ether oxygens (including phenoxy) is 1. The molecule has 0 fully saturated rings. The quantitative estimate of drug-likeness (QED) is 0.907. The summed E-state index contributed by atoms with van der Waals surface area (Å²) in [6, 6.07) is 9.29. The van der Waals surface area contributed by atoms with Crippen molar-refractivity contribution in [2.75, 3.05) is 18.0 Å². The summed E-state index contributed by atoms with van der Waals surface area (Å²) in [4.78, 5) is 26.7. The zero-order chi connectivity index (χ0) is 16.9. The molecule has 2 heterocycles. The van der Waals surface area contributed by atoms with Gasteiger partial charge in [-0.15, -0.1) is 0 Å². The Balaban J connectivity index is 1.81. The number of rotatable bonds is 5. The van der Waals surface area contributed by atoms with Gasteiger partial charge in [-0.3, -0.25) is 9.59 Å². The average Bonchev–Trinajstić information content (AvgIpc) is 3.11. The second kappa shape index (κ2) is 7.49. The standard InChI is InChI=1S/C18H20N2O3S/c1-2-8-19-18(22)16-11-20(14-5-3-4-6-15(14)23-16)17(21)10-13-7-9-24-12-13/h3-7,9,12,16H,2,8,10-11H2,1H3,(H,19,22)/t16-/m0/s1. The molecular weight excluding hydrogens is 324 g/mol. The minimum absolute atomic E-state index is 0.0301. The van der Waals surface area contributed by atoms with Crippen LogP contribution >= 0.6 is 11.3 Å². The molecule has 0 bridgehead atoms. The first-order valence-corrected chi connectivity index (χ1v) is 8.98. The number of carbonyl (C=O) groups is 2. The minimum Gasteiger partial charge on any atom is -0.477 e. The van der Waals surface area contributed by atoms with Crippen LogP contribution in [0.5, 0.6) is 5.75 Å². The highest BCUT2D eigenvalue weighted by Crippen LogP contribution is 2.33. The summed E-state index contributed by atoms with van der Waals surface area (Å²) in [7, 11) is 0. The molecule has 2 aromatic rings. The number of fused-ring (bicyclic) bond motifs is 1. The second-order valence-electron chi connectivity index (χ2n) is 5.68. The van der Waals surface area contributed by atoms with Crippen LogP contribution in [0.2, 0.25) is 0 Å². The molecule has 0 saturated heterocycles. The molecule has 0 radical (unpaired) electrons. The molecule has 1 aromatic carbocycles. The van der Waals surface area contributed by atoms with Crippen molar-refractivity contribution in [2.45, 2.75) is 25.9 Å². The molecule has 1 aromatic heterocycles. The van der Waals surface area contributed by atoms with Gasteiger partial charge in [-0.05, 0) is 40.9 Å². The summed E-state index contributed by atoms with van der Waals surface area (Å²) in [5.74, 6) is 0.358. The summed E-state index contributed by atoms with van der Waals surface area (Å²) in [6.45, 7) is 2.83. The minimum atomic E-state index is -0.683. The first kappa shape index (κ1) is 16.5. The lowest BCUT2D eigenvalue weighted by Gasteiger charge is -2.34. The van der Waals surface area contributed by atoms with Crippen LogP contribution in [0.25, 0.3) is 0 Å². The molecule has 24 heavy (non-hydrogen) atoms. The van der Waals surface area contributed by atoms with E-state index in [0.717, 1.165) is 17.7 Å². The first-order chi connectivity index (χ1) is 11.7. The van der Waals surface area contributed by atoms with Crippen molar-refractivity contribution in [2.24, 2.45) is 0 Å². The molecule has 1 aliphatic rings. The smallest absolute Gasteiger partial charge is 0.262 e. The number of para-hydroxylation sites is 2. The number of amides is 2. The van der Waals surface area contributed by atoms with Gasteiger partial charge in [-0.2, -0.15) is 11.3 Å². The molecule has 5 nitrogen and oxygen atoms in total. The van der Waals surface area contributed by atoms with E-state index in [1.807, 2.05) is 41.9 Å². The zero-order valence-electron chi connectivity index (χ0n) is 13.5. The molecule has 126 valence electrons. The van der Waals surface area contributed by atoms with Gasteiger partial charge in [-0.25, -0.2) is 0 Å². The van der Waals surface area contributed by atoms with Crippen LogP contribution in [0.15, 0.2) is 41.1 Å². The van der Waals surface area contributed by atoms with Gasteiger partial charge in [0.25, 0.3) is 5.91 Å². The fourth-order valence-electron chi connectivity index (χ4n) is 2.63. The number of nitrogens with one attached hydrogen (secondary N) is 1. The SMILES string of the molecule is CCCNC(=O)[C@@H]1CN(C(=O)Cc2ccsc2)c2ccccc2O1. The van der Waals surface area contributed by atoms with Crippen LogP contribution in [0.3, 0.4) is 0 Å². The van der Waals surface area contributed by atoms with Gasteiger partial charge in [0.2, 0.25) is 5.91 Å². The summed E-state index contributed by atoms with van der Waals surface area (Å²) < 4.78 is 5.80. The first-order valence-electron chi connectivity index (χ1n) is 8.04. The number of benzene rings is 1. The molecule has 1 aliphatic heterocycles. The molecular formula is C18H20N2O3S. The molecule has 0 unspecified atom stereocenters. The van der Waals surface area contributed by atoms with Crippen LogP contribution in [0.4, 0.5) is 5.69 Å². The zero-order valence-corrected chi connectivity index (χ0v) is 14.3. The Kier molecular flexibility index (Phi) is 5.15. The lowest BCUT2D eigenvalue weighted by atomic mass is 10.1. The number of carbonyl (C=O) groups excluding carboxylic acids is 2. The summed E-state index contributed by atoms with van der Waals surface area (Å²) in [5, 5.41) is 6.76. The summed E-state index contributed by atoms with van der Waals surface area (Å²) >= 11 is 1.57. The third-order valence-electron chi connectivity index (χ3n) is 3.85. The van der Waals surface area contributed by atoms with Crippen molar-refractivity contribution >= 4 is 28.8 Å². The predicted octanol–water partition coefficient (Wildman–Crippen LogP) is 2.61. The van der Waals surface area contributed by atoms with E-state index in [2.05, 4.69) is 5.32 Å². The largest absolute Gasteiger partial charge is 0.477 e. The van der Waals surface area contributed by atoms with Crippen LogP contribution in [-0.4, -0.2) is 31.0 Å². The van der Waals surface area contributed by atoms with Gasteiger partial charge in [0.05, 0.1) is 18.7 Å². The third-order valence-corrected chi connectivity index (χ3v) is 4.58. The highest BCUT2D eigenvalue weighted by molar-refractivity contribution is 7.08. The van der Waals surface area contributed by atoms with Crippen molar-refractivity contribution in [1.82, 2.24) is 5.32 Å². The monoisotopic (exact) mass is 344 g/mol. The molecule has 0 aliphatic carbocycles. The number of nitrogens with zero attached hydrogens (tertiary/aromatic N) is 1. The Bertz CT molecular complexity index is 715. The molecule has 0 spiro atoms. The van der Waals surface area contributed by atoms with Crippen LogP contribution in [-0.2, 0) is 16.0 Å². The lowest BCUT2D eigenvalue weighted by molar-refractivity contribution is -0.128. The highest BCUT2D eigenvalue weighted by Gasteiger charge is 2.33. The lowest BCUT2D eigenvalue weighted by Crippen LogP contribution is -2.51. The number of anilines is 1. The van der Waals surface area contributed by atoms with Gasteiger partial charge in [0, 0.05) is 6.54 Å². The highest BCUT2D eigenvalue weighted by atomic mass is 32.1. The molecule has 6 heteroatoms.